The second-order valence-corrected chi connectivity index (χ2v) is 10.6. The Labute approximate surface area is 202 Å². The average Bonchev–Trinajstić information content (AvgIpc) is 3.41. The van der Waals surface area contributed by atoms with Crippen molar-refractivity contribution >= 4 is 24.8 Å². The van der Waals surface area contributed by atoms with Crippen LogP contribution in [0.5, 0.6) is 5.75 Å². The predicted molar refractivity (Wildman–Crippen MR) is 127 cm³/mol. The molecule has 0 saturated carbocycles. The summed E-state index contributed by atoms with van der Waals surface area (Å²) >= 11 is 0. The quantitative estimate of drug-likeness (QED) is 0.288. The summed E-state index contributed by atoms with van der Waals surface area (Å²) in [6, 6.07) is 7.64. The molecule has 1 aliphatic heterocycles. The maximum atomic E-state index is 12.5. The topological polar surface area (TPSA) is 164 Å². The van der Waals surface area contributed by atoms with Crippen molar-refractivity contribution in [2.24, 2.45) is 0 Å². The molecule has 0 amide bonds. The molecule has 0 spiro atoms. The molecular weight excluding hydrogens is 477 g/mol. The summed E-state index contributed by atoms with van der Waals surface area (Å²) in [5.41, 5.74) is 7.87. The highest BCUT2D eigenvalue weighted by Crippen LogP contribution is 2.48. The molecule has 35 heavy (non-hydrogen) atoms. The number of nitrogen functional groups attached to an aromatic ring is 1. The monoisotopic (exact) mass is 507 g/mol. The largest absolute Gasteiger partial charge is 0.491 e. The molecule has 13 heteroatoms. The molecule has 0 radical (unpaired) electrons. The summed E-state index contributed by atoms with van der Waals surface area (Å²) in [5.74, 6) is 0.846. The van der Waals surface area contributed by atoms with Crippen LogP contribution in [0.2, 0.25) is 0 Å². The molecule has 4 N–H and O–H groups in total. The number of hydrogen-bond donors (Lipinski definition) is 3. The van der Waals surface area contributed by atoms with E-state index in [4.69, 9.17) is 24.3 Å². The summed E-state index contributed by atoms with van der Waals surface area (Å²) < 4.78 is 35.9. The van der Waals surface area contributed by atoms with E-state index in [9.17, 15) is 14.6 Å². The van der Waals surface area contributed by atoms with Gasteiger partial charge in [0.2, 0.25) is 0 Å². The van der Waals surface area contributed by atoms with Crippen molar-refractivity contribution in [1.82, 2.24) is 19.5 Å². The van der Waals surface area contributed by atoms with Gasteiger partial charge in [-0.25, -0.2) is 19.5 Å². The molecule has 1 saturated heterocycles. The van der Waals surface area contributed by atoms with E-state index in [2.05, 4.69) is 35.7 Å². The Morgan fingerprint density at radius 3 is 2.63 bits per heavy atom. The van der Waals surface area contributed by atoms with Crippen LogP contribution in [-0.4, -0.2) is 61.5 Å². The third-order valence-electron chi connectivity index (χ3n) is 5.65. The number of anilines is 1. The molecule has 3 aromatic rings. The Bertz CT molecular complexity index is 1200. The highest BCUT2D eigenvalue weighted by molar-refractivity contribution is 7.47. The van der Waals surface area contributed by atoms with Gasteiger partial charge in [-0.05, 0) is 23.1 Å². The lowest BCUT2D eigenvalue weighted by molar-refractivity contribution is -0.0440. The number of benzene rings is 1. The van der Waals surface area contributed by atoms with Gasteiger partial charge in [-0.1, -0.05) is 32.9 Å². The molecule has 3 heterocycles. The van der Waals surface area contributed by atoms with Crippen molar-refractivity contribution in [2.45, 2.75) is 51.0 Å². The van der Waals surface area contributed by atoms with Crippen LogP contribution in [0.25, 0.3) is 11.2 Å². The van der Waals surface area contributed by atoms with Crippen LogP contribution in [0.4, 0.5) is 5.82 Å². The fourth-order valence-corrected chi connectivity index (χ4v) is 4.72. The molecule has 12 nitrogen and oxygen atoms in total. The van der Waals surface area contributed by atoms with E-state index in [1.165, 1.54) is 18.2 Å². The zero-order valence-electron chi connectivity index (χ0n) is 19.8. The Morgan fingerprint density at radius 2 is 1.94 bits per heavy atom. The normalized spacial score (nSPS) is 22.4. The fraction of sp³-hybridized carbons (Fsp3) is 0.500. The Hall–Kier alpha value is -2.60. The van der Waals surface area contributed by atoms with E-state index < -0.39 is 32.9 Å². The molecular formula is C22H30N5O7P. The second kappa shape index (κ2) is 10.2. The van der Waals surface area contributed by atoms with Crippen LogP contribution in [0.15, 0.2) is 36.9 Å². The minimum absolute atomic E-state index is 0.0317. The van der Waals surface area contributed by atoms with Gasteiger partial charge in [-0.2, -0.15) is 0 Å². The van der Waals surface area contributed by atoms with Crippen LogP contribution in [-0.2, 0) is 23.8 Å². The van der Waals surface area contributed by atoms with Gasteiger partial charge in [0.25, 0.3) is 0 Å². The number of rotatable bonds is 9. The SMILES string of the molecule is CC(C)(C)c1ccc(OCCOP(=O)(O)O[C@H]2C[C@H](n3cnc4c(N)ncnc43)O[C@@H]2CO)cc1. The van der Waals surface area contributed by atoms with Crippen LogP contribution in [0, 0.1) is 0 Å². The number of ether oxygens (including phenoxy) is 2. The number of phosphoric acid groups is 1. The minimum atomic E-state index is -4.44. The van der Waals surface area contributed by atoms with Gasteiger partial charge in [-0.3, -0.25) is 13.6 Å². The number of aliphatic hydroxyl groups excluding tert-OH is 1. The molecule has 1 unspecified atom stereocenters. The Kier molecular flexibility index (Phi) is 7.41. The first-order chi connectivity index (χ1) is 16.6. The first-order valence-electron chi connectivity index (χ1n) is 11.2. The lowest BCUT2D eigenvalue weighted by Crippen LogP contribution is -2.27. The van der Waals surface area contributed by atoms with E-state index in [-0.39, 0.29) is 30.9 Å². The first kappa shape index (κ1) is 25.5. The Morgan fingerprint density at radius 1 is 1.20 bits per heavy atom. The molecule has 4 rings (SSSR count). The highest BCUT2D eigenvalue weighted by atomic mass is 31.2. The molecule has 1 aliphatic rings. The Balaban J connectivity index is 1.31. The zero-order chi connectivity index (χ0) is 25.2. The number of imidazole rings is 1. The number of nitrogens with zero attached hydrogens (tertiary/aromatic N) is 4. The van der Waals surface area contributed by atoms with Crippen molar-refractivity contribution in [1.29, 1.82) is 0 Å². The summed E-state index contributed by atoms with van der Waals surface area (Å²) in [5, 5.41) is 9.71. The van der Waals surface area contributed by atoms with Crippen molar-refractivity contribution in [3.63, 3.8) is 0 Å². The summed E-state index contributed by atoms with van der Waals surface area (Å²) in [7, 11) is -4.44. The second-order valence-electron chi connectivity index (χ2n) is 9.20. The number of aromatic nitrogens is 4. The lowest BCUT2D eigenvalue weighted by Gasteiger charge is -2.20. The lowest BCUT2D eigenvalue weighted by atomic mass is 9.87. The first-order valence-corrected chi connectivity index (χ1v) is 12.7. The van der Waals surface area contributed by atoms with Crippen molar-refractivity contribution in [3.8, 4) is 5.75 Å². The van der Waals surface area contributed by atoms with E-state index in [0.29, 0.717) is 16.9 Å². The summed E-state index contributed by atoms with van der Waals surface area (Å²) in [4.78, 5) is 22.5. The standard InChI is InChI=1S/C22H30N5O7P/c1-22(2,3)14-4-6-15(7-5-14)31-8-9-32-35(29,30)34-16-10-18(33-17(16)11-28)27-13-26-19-20(23)24-12-25-21(19)27/h4-7,12-13,16-18,28H,8-11H2,1-3H3,(H,29,30)(H2,23,24,25)/t16-,17+,18+/m0/s1. The van der Waals surface area contributed by atoms with Crippen LogP contribution < -0.4 is 10.5 Å². The van der Waals surface area contributed by atoms with Crippen molar-refractivity contribution < 1.29 is 33.1 Å². The highest BCUT2D eigenvalue weighted by Gasteiger charge is 2.41. The van der Waals surface area contributed by atoms with Crippen LogP contribution >= 0.6 is 7.82 Å². The minimum Gasteiger partial charge on any atom is -0.491 e. The average molecular weight is 507 g/mol. The third kappa shape index (κ3) is 5.97. The third-order valence-corrected chi connectivity index (χ3v) is 6.70. The molecule has 2 aromatic heterocycles. The number of fused-ring (bicyclic) bond motifs is 1. The van der Waals surface area contributed by atoms with E-state index in [0.717, 1.165) is 0 Å². The summed E-state index contributed by atoms with van der Waals surface area (Å²) in [6.45, 7) is 5.83. The molecule has 1 fully saturated rings. The number of phosphoric ester groups is 1. The molecule has 0 aliphatic carbocycles. The summed E-state index contributed by atoms with van der Waals surface area (Å²) in [6.07, 6.45) is 0.555. The molecule has 190 valence electrons. The molecule has 0 bridgehead atoms. The van der Waals surface area contributed by atoms with Crippen molar-refractivity contribution in [3.05, 3.63) is 42.5 Å². The number of hydrogen-bond acceptors (Lipinski definition) is 10. The van der Waals surface area contributed by atoms with E-state index >= 15 is 0 Å². The van der Waals surface area contributed by atoms with Gasteiger partial charge < -0.3 is 25.2 Å². The van der Waals surface area contributed by atoms with Gasteiger partial charge in [0.1, 0.15) is 42.6 Å². The maximum Gasteiger partial charge on any atom is 0.472 e. The van der Waals surface area contributed by atoms with Crippen LogP contribution in [0.3, 0.4) is 0 Å². The van der Waals surface area contributed by atoms with Gasteiger partial charge in [-0.15, -0.1) is 0 Å². The van der Waals surface area contributed by atoms with Gasteiger partial charge in [0.15, 0.2) is 11.5 Å². The fourth-order valence-electron chi connectivity index (χ4n) is 3.79. The van der Waals surface area contributed by atoms with E-state index in [1.54, 1.807) is 4.57 Å². The maximum absolute atomic E-state index is 12.5. The predicted octanol–water partition coefficient (Wildman–Crippen LogP) is 2.57. The zero-order valence-corrected chi connectivity index (χ0v) is 20.7. The number of nitrogens with two attached hydrogens (primary N) is 1. The van der Waals surface area contributed by atoms with Crippen LogP contribution in [0.1, 0.15) is 39.0 Å². The smallest absolute Gasteiger partial charge is 0.472 e. The number of aliphatic hydroxyl groups is 1. The van der Waals surface area contributed by atoms with E-state index in [1.807, 2.05) is 24.3 Å². The molecule has 1 aromatic carbocycles. The van der Waals surface area contributed by atoms with Gasteiger partial charge in [0.05, 0.1) is 19.5 Å². The van der Waals surface area contributed by atoms with Gasteiger partial charge in [0, 0.05) is 6.42 Å². The van der Waals surface area contributed by atoms with Gasteiger partial charge >= 0.3 is 7.82 Å². The molecule has 4 atom stereocenters. The van der Waals surface area contributed by atoms with Crippen molar-refractivity contribution in [2.75, 3.05) is 25.6 Å².